The summed E-state index contributed by atoms with van der Waals surface area (Å²) in [7, 11) is 3.32. The lowest BCUT2D eigenvalue weighted by molar-refractivity contribution is -0.384. The van der Waals surface area contributed by atoms with Crippen LogP contribution in [0.15, 0.2) is 36.5 Å². The summed E-state index contributed by atoms with van der Waals surface area (Å²) in [6.45, 7) is 1.70. The lowest BCUT2D eigenvalue weighted by atomic mass is 9.98. The van der Waals surface area contributed by atoms with Gasteiger partial charge in [0.2, 0.25) is 5.60 Å². The van der Waals surface area contributed by atoms with E-state index in [0.717, 1.165) is 0 Å². The number of aromatic nitrogens is 1. The second-order valence-corrected chi connectivity index (χ2v) is 5.51. The zero-order valence-electron chi connectivity index (χ0n) is 12.4. The van der Waals surface area contributed by atoms with Crippen molar-refractivity contribution in [3.8, 4) is 11.4 Å². The van der Waals surface area contributed by atoms with Gasteiger partial charge >= 0.3 is 0 Å². The molecule has 1 aromatic heterocycles. The molecule has 0 aliphatic carbocycles. The minimum absolute atomic E-state index is 0.0236. The van der Waals surface area contributed by atoms with Crippen molar-refractivity contribution in [3.63, 3.8) is 0 Å². The fraction of sp³-hybridized carbons (Fsp3) is 0.267. The molecule has 0 radical (unpaired) electrons. The molecule has 114 valence electrons. The Balaban J connectivity index is 2.20. The molecule has 0 fully saturated rings. The van der Waals surface area contributed by atoms with E-state index in [1.807, 2.05) is 0 Å². The molecule has 1 aliphatic rings. The number of nitro groups is 1. The van der Waals surface area contributed by atoms with Gasteiger partial charge in [-0.15, -0.1) is 0 Å². The van der Waals surface area contributed by atoms with Crippen LogP contribution in [0.4, 0.5) is 5.69 Å². The highest BCUT2D eigenvalue weighted by atomic mass is 16.6. The number of carbonyl (C=O) groups excluding carboxylic acids is 1. The van der Waals surface area contributed by atoms with Gasteiger partial charge in [0, 0.05) is 32.4 Å². The predicted molar refractivity (Wildman–Crippen MR) is 79.1 cm³/mol. The maximum Gasteiger partial charge on any atom is 0.272 e. The van der Waals surface area contributed by atoms with E-state index in [4.69, 9.17) is 4.74 Å². The first-order chi connectivity index (χ1) is 10.3. The number of non-ortho nitro benzene ring substituents is 1. The monoisotopic (exact) mass is 301 g/mol. The van der Waals surface area contributed by atoms with E-state index in [2.05, 4.69) is 0 Å². The molecular formula is C15H15N3O4. The molecule has 1 unspecified atom stereocenters. The van der Waals surface area contributed by atoms with Gasteiger partial charge in [-0.3, -0.25) is 14.9 Å². The third kappa shape index (κ3) is 1.86. The molecule has 0 bridgehead atoms. The average Bonchev–Trinajstić information content (AvgIpc) is 2.96. The molecule has 1 aliphatic heterocycles. The Morgan fingerprint density at radius 2 is 2.09 bits per heavy atom. The minimum atomic E-state index is -1.17. The van der Waals surface area contributed by atoms with Gasteiger partial charge in [-0.25, -0.2) is 0 Å². The summed E-state index contributed by atoms with van der Waals surface area (Å²) in [5.41, 5.74) is -0.00201. The Bertz CT molecular complexity index is 781. The first kappa shape index (κ1) is 14.1. The number of rotatable bonds is 2. The van der Waals surface area contributed by atoms with Crippen LogP contribution in [0.1, 0.15) is 12.6 Å². The number of benzene rings is 1. The first-order valence-electron chi connectivity index (χ1n) is 6.72. The Kier molecular flexibility index (Phi) is 2.94. The van der Waals surface area contributed by atoms with Crippen LogP contribution >= 0.6 is 0 Å². The summed E-state index contributed by atoms with van der Waals surface area (Å²) in [6.07, 6.45) is 1.77. The fourth-order valence-electron chi connectivity index (χ4n) is 2.73. The Morgan fingerprint density at radius 3 is 2.73 bits per heavy atom. The molecule has 3 rings (SSSR count). The third-order valence-corrected chi connectivity index (χ3v) is 3.78. The molecule has 22 heavy (non-hydrogen) atoms. The van der Waals surface area contributed by atoms with E-state index in [0.29, 0.717) is 17.1 Å². The van der Waals surface area contributed by atoms with E-state index in [1.54, 1.807) is 43.9 Å². The number of nitro benzene ring substituents is 1. The maximum atomic E-state index is 12.5. The number of amides is 1. The average molecular weight is 301 g/mol. The summed E-state index contributed by atoms with van der Waals surface area (Å²) in [6, 6.07) is 7.90. The first-order valence-corrected chi connectivity index (χ1v) is 6.72. The summed E-state index contributed by atoms with van der Waals surface area (Å²) < 4.78 is 7.68. The Hall–Kier alpha value is -2.83. The van der Waals surface area contributed by atoms with Crippen molar-refractivity contribution >= 4 is 11.6 Å². The van der Waals surface area contributed by atoms with Gasteiger partial charge in [-0.2, -0.15) is 0 Å². The van der Waals surface area contributed by atoms with Crippen LogP contribution in [-0.4, -0.2) is 34.4 Å². The largest absolute Gasteiger partial charge is 0.469 e. The van der Waals surface area contributed by atoms with E-state index in [-0.39, 0.29) is 11.6 Å². The highest BCUT2D eigenvalue weighted by Crippen LogP contribution is 2.41. The predicted octanol–water partition coefficient (Wildman–Crippen LogP) is 2.08. The van der Waals surface area contributed by atoms with Crippen LogP contribution < -0.4 is 4.74 Å². The standard InChI is InChI=1S/C15H15N3O4/c1-15(14(19)16(2)3)13-5-4-8-17(13)11-9-10(18(20)21)6-7-12(11)22-15/h4-9H,1-3H3. The molecule has 7 nitrogen and oxygen atoms in total. The summed E-state index contributed by atoms with van der Waals surface area (Å²) in [4.78, 5) is 24.5. The molecule has 1 atom stereocenters. The molecule has 2 aromatic rings. The number of hydrogen-bond acceptors (Lipinski definition) is 4. The second kappa shape index (κ2) is 4.59. The molecule has 0 spiro atoms. The smallest absolute Gasteiger partial charge is 0.272 e. The normalized spacial score (nSPS) is 18.9. The van der Waals surface area contributed by atoms with E-state index >= 15 is 0 Å². The molecule has 7 heteroatoms. The number of fused-ring (bicyclic) bond motifs is 3. The molecule has 2 heterocycles. The van der Waals surface area contributed by atoms with Crippen LogP contribution in [0, 0.1) is 10.1 Å². The highest BCUT2D eigenvalue weighted by molar-refractivity contribution is 5.87. The molecule has 1 aromatic carbocycles. The third-order valence-electron chi connectivity index (χ3n) is 3.78. The maximum absolute atomic E-state index is 12.5. The quantitative estimate of drug-likeness (QED) is 0.628. The number of hydrogen-bond donors (Lipinski definition) is 0. The lowest BCUT2D eigenvalue weighted by Crippen LogP contribution is -2.48. The zero-order chi connectivity index (χ0) is 16.1. The van der Waals surface area contributed by atoms with Crippen LogP contribution in [0.5, 0.6) is 5.75 Å². The molecule has 0 saturated heterocycles. The van der Waals surface area contributed by atoms with Crippen molar-refractivity contribution in [1.82, 2.24) is 9.47 Å². The second-order valence-electron chi connectivity index (χ2n) is 5.51. The lowest BCUT2D eigenvalue weighted by Gasteiger charge is -2.37. The SMILES string of the molecule is CN(C)C(=O)C1(C)Oc2ccc([N+](=O)[O-])cc2-n2cccc21. The van der Waals surface area contributed by atoms with Gasteiger partial charge in [0.25, 0.3) is 11.6 Å². The van der Waals surface area contributed by atoms with Gasteiger partial charge in [-0.05, 0) is 25.1 Å². The summed E-state index contributed by atoms with van der Waals surface area (Å²) in [5.74, 6) is 0.239. The van der Waals surface area contributed by atoms with Crippen molar-refractivity contribution in [2.24, 2.45) is 0 Å². The summed E-state index contributed by atoms with van der Waals surface area (Å²) in [5, 5.41) is 11.0. The van der Waals surface area contributed by atoms with Gasteiger partial charge < -0.3 is 14.2 Å². The Morgan fingerprint density at radius 1 is 1.36 bits per heavy atom. The highest BCUT2D eigenvalue weighted by Gasteiger charge is 2.45. The van der Waals surface area contributed by atoms with Gasteiger partial charge in [-0.1, -0.05) is 0 Å². The van der Waals surface area contributed by atoms with Gasteiger partial charge in [0.1, 0.15) is 5.75 Å². The van der Waals surface area contributed by atoms with E-state index in [1.165, 1.54) is 23.1 Å². The van der Waals surface area contributed by atoms with Crippen LogP contribution in [-0.2, 0) is 10.4 Å². The van der Waals surface area contributed by atoms with E-state index in [9.17, 15) is 14.9 Å². The summed E-state index contributed by atoms with van der Waals surface area (Å²) >= 11 is 0. The number of likely N-dealkylation sites (N-methyl/N-ethyl adjacent to an activating group) is 1. The van der Waals surface area contributed by atoms with Crippen molar-refractivity contribution in [2.45, 2.75) is 12.5 Å². The number of carbonyl (C=O) groups is 1. The van der Waals surface area contributed by atoms with Crippen LogP contribution in [0.25, 0.3) is 5.69 Å². The van der Waals surface area contributed by atoms with Crippen LogP contribution in [0.2, 0.25) is 0 Å². The van der Waals surface area contributed by atoms with Crippen LogP contribution in [0.3, 0.4) is 0 Å². The molecular weight excluding hydrogens is 286 g/mol. The van der Waals surface area contributed by atoms with Gasteiger partial charge in [0.15, 0.2) is 0 Å². The molecule has 0 N–H and O–H groups in total. The van der Waals surface area contributed by atoms with Crippen molar-refractivity contribution in [1.29, 1.82) is 0 Å². The van der Waals surface area contributed by atoms with Crippen molar-refractivity contribution in [2.75, 3.05) is 14.1 Å². The fourth-order valence-corrected chi connectivity index (χ4v) is 2.73. The zero-order valence-corrected chi connectivity index (χ0v) is 12.4. The van der Waals surface area contributed by atoms with Crippen molar-refractivity contribution < 1.29 is 14.5 Å². The minimum Gasteiger partial charge on any atom is -0.469 e. The number of nitrogens with zero attached hydrogens (tertiary/aromatic N) is 3. The number of ether oxygens (including phenoxy) is 1. The Labute approximate surface area is 126 Å². The van der Waals surface area contributed by atoms with Crippen molar-refractivity contribution in [3.05, 3.63) is 52.3 Å². The molecule has 0 saturated carbocycles. The van der Waals surface area contributed by atoms with E-state index < -0.39 is 10.5 Å². The topological polar surface area (TPSA) is 77.6 Å². The molecule has 1 amide bonds. The van der Waals surface area contributed by atoms with Gasteiger partial charge in [0.05, 0.1) is 16.3 Å².